The van der Waals surface area contributed by atoms with Crippen molar-refractivity contribution in [3.8, 4) is 11.5 Å². The third-order valence-electron chi connectivity index (χ3n) is 4.89. The Morgan fingerprint density at radius 1 is 1.12 bits per heavy atom. The molecular weight excluding hydrogens is 431 g/mol. The van der Waals surface area contributed by atoms with E-state index in [1.807, 2.05) is 0 Å². The van der Waals surface area contributed by atoms with Gasteiger partial charge in [-0.3, -0.25) is 9.59 Å². The highest BCUT2D eigenvalue weighted by molar-refractivity contribution is 5.97. The summed E-state index contributed by atoms with van der Waals surface area (Å²) in [4.78, 5) is 24.7. The predicted octanol–water partition coefficient (Wildman–Crippen LogP) is 4.10. The minimum atomic E-state index is -4.61. The monoisotopic (exact) mass is 453 g/mol. The van der Waals surface area contributed by atoms with Crippen LogP contribution in [0.1, 0.15) is 36.1 Å². The van der Waals surface area contributed by atoms with E-state index in [0.29, 0.717) is 11.3 Å². The van der Waals surface area contributed by atoms with Crippen LogP contribution in [0.2, 0.25) is 0 Å². The minimum absolute atomic E-state index is 0.0612. The normalized spacial score (nSPS) is 18.2. The van der Waals surface area contributed by atoms with Gasteiger partial charge in [-0.05, 0) is 31.2 Å². The van der Waals surface area contributed by atoms with Crippen LogP contribution >= 0.6 is 0 Å². The van der Waals surface area contributed by atoms with Crippen LogP contribution in [0.5, 0.6) is 11.5 Å². The van der Waals surface area contributed by atoms with E-state index < -0.39 is 42.2 Å². The zero-order chi connectivity index (χ0) is 23.5. The number of carbonyl (C=O) groups excluding carboxylic acids is 2. The Kier molecular flexibility index (Phi) is 6.93. The van der Waals surface area contributed by atoms with E-state index in [4.69, 9.17) is 18.9 Å². The van der Waals surface area contributed by atoms with E-state index in [9.17, 15) is 22.8 Å². The molecule has 0 saturated heterocycles. The summed E-state index contributed by atoms with van der Waals surface area (Å²) in [6.45, 7) is 1.72. The van der Waals surface area contributed by atoms with Crippen LogP contribution < -0.4 is 14.8 Å². The van der Waals surface area contributed by atoms with Crippen molar-refractivity contribution in [1.29, 1.82) is 0 Å². The Hall–Kier alpha value is -3.27. The molecule has 32 heavy (non-hydrogen) atoms. The van der Waals surface area contributed by atoms with Crippen LogP contribution in [0.25, 0.3) is 0 Å². The van der Waals surface area contributed by atoms with Gasteiger partial charge in [-0.2, -0.15) is 13.2 Å². The first-order chi connectivity index (χ1) is 15.2. The second-order valence-electron chi connectivity index (χ2n) is 6.89. The van der Waals surface area contributed by atoms with Crippen LogP contribution in [-0.2, 0) is 25.2 Å². The first-order valence-electron chi connectivity index (χ1n) is 9.73. The maximum atomic E-state index is 13.4. The predicted molar refractivity (Wildman–Crippen MR) is 108 cm³/mol. The number of rotatable bonds is 6. The second kappa shape index (κ2) is 9.47. The number of nitrogens with one attached hydrogen (secondary N) is 1. The molecule has 1 amide bonds. The quantitative estimate of drug-likeness (QED) is 0.663. The molecule has 0 aliphatic carbocycles. The lowest BCUT2D eigenvalue weighted by Gasteiger charge is -2.24. The Balaban J connectivity index is 2.17. The number of hydrogen-bond donors (Lipinski definition) is 1. The van der Waals surface area contributed by atoms with Gasteiger partial charge in [0.05, 0.1) is 32.8 Å². The van der Waals surface area contributed by atoms with Crippen LogP contribution in [0.4, 0.5) is 18.9 Å². The molecule has 0 bridgehead atoms. The molecule has 7 nitrogen and oxygen atoms in total. The lowest BCUT2D eigenvalue weighted by molar-refractivity contribution is -0.150. The number of alkyl halides is 3. The largest absolute Gasteiger partial charge is 0.493 e. The maximum Gasteiger partial charge on any atom is 0.416 e. The average molecular weight is 453 g/mol. The van der Waals surface area contributed by atoms with Crippen LogP contribution in [0, 0.1) is 0 Å². The average Bonchev–Trinajstić information content (AvgIpc) is 2.88. The lowest BCUT2D eigenvalue weighted by Crippen LogP contribution is -2.32. The van der Waals surface area contributed by atoms with Gasteiger partial charge in [-0.1, -0.05) is 12.1 Å². The fourth-order valence-electron chi connectivity index (χ4n) is 3.45. The number of hydrogen-bond acceptors (Lipinski definition) is 6. The molecule has 2 aromatic carbocycles. The molecule has 1 heterocycles. The summed E-state index contributed by atoms with van der Waals surface area (Å²) in [5.74, 6) is -0.797. The van der Waals surface area contributed by atoms with Crippen molar-refractivity contribution >= 4 is 17.6 Å². The number of fused-ring (bicyclic) bond motifs is 1. The third kappa shape index (κ3) is 4.80. The first-order valence-corrected chi connectivity index (χ1v) is 9.73. The minimum Gasteiger partial charge on any atom is -0.493 e. The Morgan fingerprint density at radius 2 is 1.88 bits per heavy atom. The number of benzene rings is 2. The van der Waals surface area contributed by atoms with Gasteiger partial charge in [0.25, 0.3) is 5.91 Å². The summed E-state index contributed by atoms with van der Waals surface area (Å²) in [6, 6.07) is 7.76. The van der Waals surface area contributed by atoms with Gasteiger partial charge in [0.2, 0.25) is 0 Å². The van der Waals surface area contributed by atoms with E-state index in [1.54, 1.807) is 25.1 Å². The molecule has 0 aromatic heterocycles. The van der Waals surface area contributed by atoms with E-state index >= 15 is 0 Å². The van der Waals surface area contributed by atoms with Gasteiger partial charge in [0.15, 0.2) is 11.5 Å². The molecule has 0 spiro atoms. The molecule has 2 atom stereocenters. The number of anilines is 1. The number of esters is 1. The molecule has 10 heteroatoms. The molecule has 0 radical (unpaired) electrons. The summed E-state index contributed by atoms with van der Waals surface area (Å²) in [6.07, 6.45) is -7.51. The van der Waals surface area contributed by atoms with Crippen molar-refractivity contribution in [2.24, 2.45) is 0 Å². The molecule has 3 rings (SSSR count). The SMILES string of the molecule is CCOC(=O)C[C@H]1O[C@H](c2cccc(OC)c2OC)c2cc(C(F)(F)F)ccc2NC1=O. The van der Waals surface area contributed by atoms with Gasteiger partial charge in [0.1, 0.15) is 12.2 Å². The molecule has 1 aliphatic rings. The van der Waals surface area contributed by atoms with E-state index in [2.05, 4.69) is 5.32 Å². The Labute approximate surface area is 182 Å². The van der Waals surface area contributed by atoms with E-state index in [1.165, 1.54) is 14.2 Å². The van der Waals surface area contributed by atoms with E-state index in [-0.39, 0.29) is 23.6 Å². The molecule has 0 saturated carbocycles. The van der Waals surface area contributed by atoms with Gasteiger partial charge in [-0.15, -0.1) is 0 Å². The standard InChI is InChI=1S/C22H22F3NO6/c1-4-31-18(27)11-17-21(28)26-15-9-8-12(22(23,24)25)10-14(15)19(32-17)13-6-5-7-16(29-2)20(13)30-3/h5-10,17,19H,4,11H2,1-3H3,(H,26,28)/t17-,19-/m1/s1. The number of carbonyl (C=O) groups is 2. The first kappa shape index (κ1) is 23.4. The molecular formula is C22H22F3NO6. The topological polar surface area (TPSA) is 83.1 Å². The Bertz CT molecular complexity index is 1010. The van der Waals surface area contributed by atoms with Crippen molar-refractivity contribution in [1.82, 2.24) is 0 Å². The maximum absolute atomic E-state index is 13.4. The number of halogens is 3. The van der Waals surface area contributed by atoms with Crippen molar-refractivity contribution < 1.29 is 41.7 Å². The summed E-state index contributed by atoms with van der Waals surface area (Å²) < 4.78 is 61.9. The second-order valence-corrected chi connectivity index (χ2v) is 6.89. The summed E-state index contributed by atoms with van der Waals surface area (Å²) in [5.41, 5.74) is -0.391. The summed E-state index contributed by atoms with van der Waals surface area (Å²) in [7, 11) is 2.80. The van der Waals surface area contributed by atoms with Crippen LogP contribution in [-0.4, -0.2) is 38.8 Å². The fourth-order valence-corrected chi connectivity index (χ4v) is 3.45. The molecule has 172 valence electrons. The van der Waals surface area contributed by atoms with Crippen molar-refractivity contribution in [3.63, 3.8) is 0 Å². The van der Waals surface area contributed by atoms with Crippen molar-refractivity contribution in [3.05, 3.63) is 53.1 Å². The number of methoxy groups -OCH3 is 2. The zero-order valence-electron chi connectivity index (χ0n) is 17.6. The number of ether oxygens (including phenoxy) is 4. The van der Waals surface area contributed by atoms with Gasteiger partial charge in [-0.25, -0.2) is 0 Å². The molecule has 0 fully saturated rings. The van der Waals surface area contributed by atoms with Crippen molar-refractivity contribution in [2.45, 2.75) is 31.7 Å². The third-order valence-corrected chi connectivity index (χ3v) is 4.89. The zero-order valence-corrected chi connectivity index (χ0v) is 17.6. The molecule has 1 N–H and O–H groups in total. The highest BCUT2D eigenvalue weighted by Gasteiger charge is 2.38. The smallest absolute Gasteiger partial charge is 0.416 e. The van der Waals surface area contributed by atoms with Crippen molar-refractivity contribution in [2.75, 3.05) is 26.1 Å². The number of amides is 1. The fraction of sp³-hybridized carbons (Fsp3) is 0.364. The van der Waals surface area contributed by atoms with Crippen LogP contribution in [0.3, 0.4) is 0 Å². The molecule has 2 aromatic rings. The van der Waals surface area contributed by atoms with Gasteiger partial charge >= 0.3 is 12.1 Å². The lowest BCUT2D eigenvalue weighted by atomic mass is 9.96. The van der Waals surface area contributed by atoms with Gasteiger partial charge < -0.3 is 24.3 Å². The highest BCUT2D eigenvalue weighted by Crippen LogP contribution is 2.44. The highest BCUT2D eigenvalue weighted by atomic mass is 19.4. The summed E-state index contributed by atoms with van der Waals surface area (Å²) in [5, 5.41) is 2.55. The number of para-hydroxylation sites is 1. The Morgan fingerprint density at radius 3 is 2.50 bits per heavy atom. The van der Waals surface area contributed by atoms with Crippen LogP contribution in [0.15, 0.2) is 36.4 Å². The molecule has 1 aliphatic heterocycles. The van der Waals surface area contributed by atoms with E-state index in [0.717, 1.165) is 18.2 Å². The van der Waals surface area contributed by atoms with Gasteiger partial charge in [0, 0.05) is 16.8 Å². The summed E-state index contributed by atoms with van der Waals surface area (Å²) >= 11 is 0. The molecule has 0 unspecified atom stereocenters.